The van der Waals surface area contributed by atoms with Crippen molar-refractivity contribution >= 4 is 17.9 Å². The summed E-state index contributed by atoms with van der Waals surface area (Å²) in [4.78, 5) is 38.0. The maximum Gasteiger partial charge on any atom is 0.306 e. The molecule has 0 aromatic carbocycles. The molecule has 0 spiro atoms. The Bertz CT molecular complexity index is 1080. The van der Waals surface area contributed by atoms with E-state index in [0.717, 1.165) is 57.8 Å². The zero-order chi connectivity index (χ0) is 46.5. The minimum absolute atomic E-state index is 0.0874. The monoisotopic (exact) mass is 899 g/mol. The third kappa shape index (κ3) is 50.6. The largest absolute Gasteiger partial charge is 0.462 e. The topological polar surface area (TPSA) is 78.9 Å². The first-order valence-electron chi connectivity index (χ1n) is 28.0. The highest BCUT2D eigenvalue weighted by Gasteiger charge is 2.19. The normalized spacial score (nSPS) is 12.2. The van der Waals surface area contributed by atoms with E-state index in [9.17, 15) is 14.4 Å². The molecule has 0 amide bonds. The van der Waals surface area contributed by atoms with E-state index >= 15 is 0 Å². The summed E-state index contributed by atoms with van der Waals surface area (Å²) in [5.41, 5.74) is 0. The molecule has 0 heterocycles. The predicted octanol–water partition coefficient (Wildman–Crippen LogP) is 18.5. The third-order valence-corrected chi connectivity index (χ3v) is 12.4. The van der Waals surface area contributed by atoms with Gasteiger partial charge in [0.1, 0.15) is 13.2 Å². The van der Waals surface area contributed by atoms with Gasteiger partial charge in [-0.25, -0.2) is 0 Å². The zero-order valence-electron chi connectivity index (χ0n) is 42.8. The Labute approximate surface area is 397 Å². The molecule has 0 aliphatic heterocycles. The van der Waals surface area contributed by atoms with Crippen LogP contribution in [0.5, 0.6) is 0 Å². The summed E-state index contributed by atoms with van der Waals surface area (Å²) in [6.45, 7) is 6.62. The SMILES string of the molecule is CCCCCCCC/C=C\C/C=C\C/C=C\CCCC(=O)O[C@@H](COC(=O)CCCCCCCCCCCCCC)COC(=O)CCCCCCCCCCCCCCCCCCC. The number of hydrogen-bond donors (Lipinski definition) is 0. The molecule has 0 aromatic rings. The zero-order valence-corrected chi connectivity index (χ0v) is 42.8. The molecule has 0 rings (SSSR count). The van der Waals surface area contributed by atoms with Crippen LogP contribution in [-0.2, 0) is 28.6 Å². The van der Waals surface area contributed by atoms with Crippen molar-refractivity contribution in [1.82, 2.24) is 0 Å². The number of ether oxygens (including phenoxy) is 3. The lowest BCUT2D eigenvalue weighted by Gasteiger charge is -2.18. The third-order valence-electron chi connectivity index (χ3n) is 12.4. The second-order valence-electron chi connectivity index (χ2n) is 18.9. The Kier molecular flexibility index (Phi) is 51.3. The van der Waals surface area contributed by atoms with Crippen LogP contribution in [0.1, 0.15) is 297 Å². The van der Waals surface area contributed by atoms with Gasteiger partial charge in [0.2, 0.25) is 0 Å². The summed E-state index contributed by atoms with van der Waals surface area (Å²) in [6, 6.07) is 0. The molecule has 0 saturated carbocycles. The van der Waals surface area contributed by atoms with E-state index in [2.05, 4.69) is 57.2 Å². The van der Waals surface area contributed by atoms with Gasteiger partial charge in [0.25, 0.3) is 0 Å². The molecule has 6 nitrogen and oxygen atoms in total. The lowest BCUT2D eigenvalue weighted by atomic mass is 10.0. The maximum atomic E-state index is 12.8. The highest BCUT2D eigenvalue weighted by Crippen LogP contribution is 2.16. The maximum absolute atomic E-state index is 12.8. The smallest absolute Gasteiger partial charge is 0.306 e. The molecule has 0 radical (unpaired) electrons. The molecule has 0 saturated heterocycles. The molecule has 0 bridgehead atoms. The van der Waals surface area contributed by atoms with Crippen molar-refractivity contribution in [3.63, 3.8) is 0 Å². The standard InChI is InChI=1S/C58H106O6/c1-4-7-10-13-16-19-22-25-27-29-31-33-36-39-42-45-48-51-57(60)63-54-55(53-62-56(59)50-47-44-41-38-35-24-21-18-15-12-9-6-3)64-58(61)52-49-46-43-40-37-34-32-30-28-26-23-20-17-14-11-8-5-2/h26,28,32,34,40,43,55H,4-25,27,29-31,33,35-39,41-42,44-54H2,1-3H3/b28-26-,34-32-,43-40-/t55-/m0/s1. The molecule has 6 heteroatoms. The number of unbranched alkanes of at least 4 members (excludes halogenated alkanes) is 34. The Morgan fingerprint density at radius 1 is 0.312 bits per heavy atom. The number of esters is 3. The second kappa shape index (κ2) is 53.2. The minimum atomic E-state index is -0.793. The van der Waals surface area contributed by atoms with Crippen LogP contribution in [0.25, 0.3) is 0 Å². The first-order valence-corrected chi connectivity index (χ1v) is 28.0. The van der Waals surface area contributed by atoms with Crippen molar-refractivity contribution in [3.8, 4) is 0 Å². The fourth-order valence-electron chi connectivity index (χ4n) is 8.17. The van der Waals surface area contributed by atoms with Crippen LogP contribution < -0.4 is 0 Å². The molecular formula is C58H106O6. The molecule has 0 N–H and O–H groups in total. The summed E-state index contributed by atoms with van der Waals surface area (Å²) in [5, 5.41) is 0. The second-order valence-corrected chi connectivity index (χ2v) is 18.9. The van der Waals surface area contributed by atoms with E-state index in [1.807, 2.05) is 0 Å². The Balaban J connectivity index is 4.39. The van der Waals surface area contributed by atoms with Crippen LogP contribution in [0, 0.1) is 0 Å². The first kappa shape index (κ1) is 61.6. The van der Waals surface area contributed by atoms with E-state index in [4.69, 9.17) is 14.2 Å². The van der Waals surface area contributed by atoms with Crippen LogP contribution in [-0.4, -0.2) is 37.2 Å². The van der Waals surface area contributed by atoms with Gasteiger partial charge in [-0.05, 0) is 51.4 Å². The van der Waals surface area contributed by atoms with E-state index < -0.39 is 6.10 Å². The summed E-state index contributed by atoms with van der Waals surface area (Å²) in [7, 11) is 0. The van der Waals surface area contributed by atoms with Gasteiger partial charge in [0.15, 0.2) is 6.10 Å². The molecule has 0 fully saturated rings. The van der Waals surface area contributed by atoms with Crippen molar-refractivity contribution in [2.75, 3.05) is 13.2 Å². The first-order chi connectivity index (χ1) is 31.5. The number of allylic oxidation sites excluding steroid dienone is 6. The van der Waals surface area contributed by atoms with E-state index in [-0.39, 0.29) is 37.5 Å². The van der Waals surface area contributed by atoms with Gasteiger partial charge in [-0.2, -0.15) is 0 Å². The Morgan fingerprint density at radius 3 is 0.922 bits per heavy atom. The van der Waals surface area contributed by atoms with Gasteiger partial charge in [0.05, 0.1) is 0 Å². The van der Waals surface area contributed by atoms with E-state index in [0.29, 0.717) is 19.3 Å². The molecule has 1 atom stereocenters. The van der Waals surface area contributed by atoms with Gasteiger partial charge in [0, 0.05) is 19.3 Å². The molecule has 0 unspecified atom stereocenters. The van der Waals surface area contributed by atoms with Crippen molar-refractivity contribution in [3.05, 3.63) is 36.5 Å². The van der Waals surface area contributed by atoms with Crippen molar-refractivity contribution in [2.45, 2.75) is 303 Å². The molecular weight excluding hydrogens is 793 g/mol. The fourth-order valence-corrected chi connectivity index (χ4v) is 8.17. The highest BCUT2D eigenvalue weighted by molar-refractivity contribution is 5.71. The lowest BCUT2D eigenvalue weighted by molar-refractivity contribution is -0.167. The predicted molar refractivity (Wildman–Crippen MR) is 275 cm³/mol. The number of carbonyl (C=O) groups excluding carboxylic acids is 3. The summed E-state index contributed by atoms with van der Waals surface area (Å²) >= 11 is 0. The van der Waals surface area contributed by atoms with Crippen LogP contribution >= 0.6 is 0 Å². The molecule has 64 heavy (non-hydrogen) atoms. The summed E-state index contributed by atoms with van der Waals surface area (Å²) in [6.07, 6.45) is 62.8. The number of hydrogen-bond acceptors (Lipinski definition) is 6. The van der Waals surface area contributed by atoms with Gasteiger partial charge >= 0.3 is 17.9 Å². The van der Waals surface area contributed by atoms with Crippen LogP contribution in [0.4, 0.5) is 0 Å². The van der Waals surface area contributed by atoms with Gasteiger partial charge in [-0.3, -0.25) is 14.4 Å². The van der Waals surface area contributed by atoms with Crippen molar-refractivity contribution in [2.24, 2.45) is 0 Å². The minimum Gasteiger partial charge on any atom is -0.462 e. The van der Waals surface area contributed by atoms with Gasteiger partial charge < -0.3 is 14.2 Å². The highest BCUT2D eigenvalue weighted by atomic mass is 16.6. The quantitative estimate of drug-likeness (QED) is 0.0262. The van der Waals surface area contributed by atoms with Crippen LogP contribution in [0.15, 0.2) is 36.5 Å². The van der Waals surface area contributed by atoms with Crippen LogP contribution in [0.2, 0.25) is 0 Å². The van der Waals surface area contributed by atoms with E-state index in [1.165, 1.54) is 193 Å². The van der Waals surface area contributed by atoms with Crippen LogP contribution in [0.3, 0.4) is 0 Å². The summed E-state index contributed by atoms with van der Waals surface area (Å²) < 4.78 is 16.8. The number of carbonyl (C=O) groups is 3. The number of rotatable bonds is 51. The van der Waals surface area contributed by atoms with Crippen molar-refractivity contribution < 1.29 is 28.6 Å². The van der Waals surface area contributed by atoms with Gasteiger partial charge in [-0.1, -0.05) is 263 Å². The molecule has 0 aromatic heterocycles. The lowest BCUT2D eigenvalue weighted by Crippen LogP contribution is -2.30. The molecule has 0 aliphatic rings. The van der Waals surface area contributed by atoms with E-state index in [1.54, 1.807) is 0 Å². The Hall–Kier alpha value is -2.37. The molecule has 374 valence electrons. The van der Waals surface area contributed by atoms with Crippen molar-refractivity contribution in [1.29, 1.82) is 0 Å². The summed E-state index contributed by atoms with van der Waals surface area (Å²) in [5.74, 6) is -0.924. The Morgan fingerprint density at radius 2 is 0.578 bits per heavy atom. The molecule has 0 aliphatic carbocycles. The van der Waals surface area contributed by atoms with Gasteiger partial charge in [-0.15, -0.1) is 0 Å². The average molecular weight is 899 g/mol. The average Bonchev–Trinajstić information content (AvgIpc) is 3.29. The fraction of sp³-hybridized carbons (Fsp3) is 0.845.